The molecule has 0 saturated carbocycles. The molecule has 1 atom stereocenters. The number of hydrogen-bond donors (Lipinski definition) is 0. The van der Waals surface area contributed by atoms with Crippen LogP contribution in [-0.4, -0.2) is 32.7 Å². The lowest BCUT2D eigenvalue weighted by atomic mass is 10.2. The molecular weight excluding hydrogens is 156 g/mol. The Kier molecular flexibility index (Phi) is 3.26. The topological polar surface area (TPSA) is 31.0 Å². The number of rotatable bonds is 5. The lowest BCUT2D eigenvalue weighted by Crippen LogP contribution is -2.11. The highest BCUT2D eigenvalue weighted by Gasteiger charge is 2.35. The van der Waals surface area contributed by atoms with Crippen LogP contribution in [0.3, 0.4) is 0 Å². The van der Waals surface area contributed by atoms with Crippen LogP contribution in [0.15, 0.2) is 12.2 Å². The SMILES string of the molecule is COC(CC=CC1(C)CO1)OC. The van der Waals surface area contributed by atoms with E-state index >= 15 is 0 Å². The molecule has 1 aliphatic rings. The first-order valence-corrected chi connectivity index (χ1v) is 4.07. The van der Waals surface area contributed by atoms with Crippen molar-refractivity contribution >= 4 is 0 Å². The fraction of sp³-hybridized carbons (Fsp3) is 0.778. The Morgan fingerprint density at radius 1 is 1.50 bits per heavy atom. The van der Waals surface area contributed by atoms with Gasteiger partial charge >= 0.3 is 0 Å². The lowest BCUT2D eigenvalue weighted by molar-refractivity contribution is -0.0986. The average molecular weight is 172 g/mol. The fourth-order valence-electron chi connectivity index (χ4n) is 0.927. The van der Waals surface area contributed by atoms with Crippen molar-refractivity contribution in [2.24, 2.45) is 0 Å². The molecule has 3 nitrogen and oxygen atoms in total. The second kappa shape index (κ2) is 4.03. The Labute approximate surface area is 73.3 Å². The molecule has 0 N–H and O–H groups in total. The molecule has 1 unspecified atom stereocenters. The summed E-state index contributed by atoms with van der Waals surface area (Å²) in [6, 6.07) is 0. The number of hydrogen-bond acceptors (Lipinski definition) is 3. The van der Waals surface area contributed by atoms with Crippen molar-refractivity contribution in [1.29, 1.82) is 0 Å². The summed E-state index contributed by atoms with van der Waals surface area (Å²) in [5.74, 6) is 0. The Morgan fingerprint density at radius 3 is 2.50 bits per heavy atom. The Morgan fingerprint density at radius 2 is 2.08 bits per heavy atom. The summed E-state index contributed by atoms with van der Waals surface area (Å²) in [5, 5.41) is 0. The third-order valence-electron chi connectivity index (χ3n) is 1.92. The molecule has 1 rings (SSSR count). The molecule has 0 aliphatic carbocycles. The first-order valence-electron chi connectivity index (χ1n) is 4.07. The largest absolute Gasteiger partial charge is 0.365 e. The normalized spacial score (nSPS) is 28.7. The quantitative estimate of drug-likeness (QED) is 0.356. The predicted molar refractivity (Wildman–Crippen MR) is 45.9 cm³/mol. The minimum atomic E-state index is -0.136. The zero-order chi connectivity index (χ0) is 9.03. The van der Waals surface area contributed by atoms with E-state index in [1.54, 1.807) is 14.2 Å². The molecule has 12 heavy (non-hydrogen) atoms. The van der Waals surface area contributed by atoms with Gasteiger partial charge in [0.05, 0.1) is 6.61 Å². The van der Waals surface area contributed by atoms with Gasteiger partial charge in [0.15, 0.2) is 6.29 Å². The molecule has 0 aromatic carbocycles. The molecule has 0 bridgehead atoms. The van der Waals surface area contributed by atoms with Gasteiger partial charge in [-0.05, 0) is 6.92 Å². The van der Waals surface area contributed by atoms with Crippen LogP contribution in [0.5, 0.6) is 0 Å². The summed E-state index contributed by atoms with van der Waals surface area (Å²) in [4.78, 5) is 0. The van der Waals surface area contributed by atoms with Gasteiger partial charge in [0.2, 0.25) is 0 Å². The minimum absolute atomic E-state index is 0.00790. The highest BCUT2D eigenvalue weighted by Crippen LogP contribution is 2.27. The van der Waals surface area contributed by atoms with Gasteiger partial charge < -0.3 is 14.2 Å². The molecule has 1 aliphatic heterocycles. The van der Waals surface area contributed by atoms with E-state index in [4.69, 9.17) is 14.2 Å². The van der Waals surface area contributed by atoms with Crippen molar-refractivity contribution in [3.8, 4) is 0 Å². The molecular formula is C9H16O3. The number of epoxide rings is 1. The van der Waals surface area contributed by atoms with E-state index in [2.05, 4.69) is 13.0 Å². The van der Waals surface area contributed by atoms with Gasteiger partial charge in [-0.1, -0.05) is 12.2 Å². The maximum atomic E-state index is 5.18. The van der Waals surface area contributed by atoms with E-state index in [1.165, 1.54) is 0 Å². The molecule has 0 spiro atoms. The highest BCUT2D eigenvalue weighted by atomic mass is 16.7. The van der Waals surface area contributed by atoms with Crippen molar-refractivity contribution in [3.05, 3.63) is 12.2 Å². The van der Waals surface area contributed by atoms with Gasteiger partial charge in [0, 0.05) is 20.6 Å². The fourth-order valence-corrected chi connectivity index (χ4v) is 0.927. The second-order valence-electron chi connectivity index (χ2n) is 3.14. The van der Waals surface area contributed by atoms with Crippen molar-refractivity contribution in [2.45, 2.75) is 25.2 Å². The van der Waals surface area contributed by atoms with Crippen LogP contribution in [0.1, 0.15) is 13.3 Å². The van der Waals surface area contributed by atoms with E-state index in [0.717, 1.165) is 13.0 Å². The van der Waals surface area contributed by atoms with E-state index in [0.29, 0.717) is 0 Å². The van der Waals surface area contributed by atoms with Crippen LogP contribution < -0.4 is 0 Å². The summed E-state index contributed by atoms with van der Waals surface area (Å²) < 4.78 is 15.2. The summed E-state index contributed by atoms with van der Waals surface area (Å²) in [6.07, 6.45) is 4.72. The van der Waals surface area contributed by atoms with Crippen molar-refractivity contribution in [1.82, 2.24) is 0 Å². The maximum absolute atomic E-state index is 5.18. The number of methoxy groups -OCH3 is 2. The van der Waals surface area contributed by atoms with Gasteiger partial charge in [-0.2, -0.15) is 0 Å². The molecule has 0 aromatic rings. The predicted octanol–water partition coefficient (Wildman–Crippen LogP) is 1.34. The van der Waals surface area contributed by atoms with Gasteiger partial charge in [-0.3, -0.25) is 0 Å². The lowest BCUT2D eigenvalue weighted by Gasteiger charge is -2.09. The Bertz CT molecular complexity index is 157. The second-order valence-corrected chi connectivity index (χ2v) is 3.14. The molecule has 0 radical (unpaired) electrons. The van der Waals surface area contributed by atoms with E-state index in [9.17, 15) is 0 Å². The molecule has 0 amide bonds. The van der Waals surface area contributed by atoms with Gasteiger partial charge in [0.1, 0.15) is 5.60 Å². The van der Waals surface area contributed by atoms with Crippen LogP contribution in [0, 0.1) is 0 Å². The third-order valence-corrected chi connectivity index (χ3v) is 1.92. The molecule has 70 valence electrons. The molecule has 1 saturated heterocycles. The van der Waals surface area contributed by atoms with Gasteiger partial charge in [0.25, 0.3) is 0 Å². The molecule has 1 fully saturated rings. The zero-order valence-electron chi connectivity index (χ0n) is 7.87. The van der Waals surface area contributed by atoms with Crippen LogP contribution in [0.2, 0.25) is 0 Å². The van der Waals surface area contributed by atoms with Crippen LogP contribution in [0.25, 0.3) is 0 Å². The standard InChI is InChI=1S/C9H16O3/c1-9(7-12-9)6-4-5-8(10-2)11-3/h4,6,8H,5,7H2,1-3H3. The summed E-state index contributed by atoms with van der Waals surface area (Å²) in [5.41, 5.74) is -0.00790. The maximum Gasteiger partial charge on any atom is 0.160 e. The third kappa shape index (κ3) is 2.93. The summed E-state index contributed by atoms with van der Waals surface area (Å²) >= 11 is 0. The first-order chi connectivity index (χ1) is 5.70. The van der Waals surface area contributed by atoms with Crippen molar-refractivity contribution < 1.29 is 14.2 Å². The van der Waals surface area contributed by atoms with E-state index in [-0.39, 0.29) is 11.9 Å². The number of ether oxygens (including phenoxy) is 3. The Hall–Kier alpha value is -0.380. The van der Waals surface area contributed by atoms with Crippen LogP contribution in [0.4, 0.5) is 0 Å². The van der Waals surface area contributed by atoms with Crippen LogP contribution >= 0.6 is 0 Å². The van der Waals surface area contributed by atoms with E-state index in [1.807, 2.05) is 6.08 Å². The van der Waals surface area contributed by atoms with E-state index < -0.39 is 0 Å². The zero-order valence-corrected chi connectivity index (χ0v) is 7.87. The average Bonchev–Trinajstić information content (AvgIpc) is 2.78. The van der Waals surface area contributed by atoms with Crippen molar-refractivity contribution in [3.63, 3.8) is 0 Å². The highest BCUT2D eigenvalue weighted by molar-refractivity contribution is 5.07. The summed E-state index contributed by atoms with van der Waals surface area (Å²) in [7, 11) is 3.27. The first kappa shape index (κ1) is 9.71. The van der Waals surface area contributed by atoms with Gasteiger partial charge in [-0.15, -0.1) is 0 Å². The van der Waals surface area contributed by atoms with Crippen LogP contribution in [-0.2, 0) is 14.2 Å². The smallest absolute Gasteiger partial charge is 0.160 e. The minimum Gasteiger partial charge on any atom is -0.365 e. The Balaban J connectivity index is 2.18. The summed E-state index contributed by atoms with van der Waals surface area (Å²) in [6.45, 7) is 2.88. The molecule has 3 heteroatoms. The molecule has 0 aromatic heterocycles. The van der Waals surface area contributed by atoms with Crippen molar-refractivity contribution in [2.75, 3.05) is 20.8 Å². The molecule has 1 heterocycles. The monoisotopic (exact) mass is 172 g/mol. The van der Waals surface area contributed by atoms with Gasteiger partial charge in [-0.25, -0.2) is 0 Å².